The minimum absolute atomic E-state index is 0.424. The van der Waals surface area contributed by atoms with Crippen LogP contribution < -0.4 is 10.6 Å². The first-order valence-electron chi connectivity index (χ1n) is 6.21. The maximum absolute atomic E-state index is 5.89. The van der Waals surface area contributed by atoms with Crippen molar-refractivity contribution in [2.45, 2.75) is 18.9 Å². The quantitative estimate of drug-likeness (QED) is 0.822. The van der Waals surface area contributed by atoms with Gasteiger partial charge in [0.15, 0.2) is 5.58 Å². The van der Waals surface area contributed by atoms with Crippen LogP contribution in [0.3, 0.4) is 0 Å². The Hall–Kier alpha value is -1.75. The summed E-state index contributed by atoms with van der Waals surface area (Å²) >= 11 is 0. The Balaban J connectivity index is 1.91. The average molecular weight is 247 g/mol. The second kappa shape index (κ2) is 4.49. The highest BCUT2D eigenvalue weighted by Gasteiger charge is 2.22. The number of oxazole rings is 1. The molecule has 2 N–H and O–H groups in total. The van der Waals surface area contributed by atoms with Crippen LogP contribution in [0.25, 0.3) is 11.1 Å². The summed E-state index contributed by atoms with van der Waals surface area (Å²) in [6.45, 7) is 1.61. The molecular formula is C13H17N3O2. The molecule has 2 heterocycles. The van der Waals surface area contributed by atoms with Gasteiger partial charge in [-0.15, -0.1) is 0 Å². The molecule has 96 valence electrons. The van der Waals surface area contributed by atoms with Crippen LogP contribution in [0.4, 0.5) is 11.7 Å². The molecule has 2 aromatic rings. The monoisotopic (exact) mass is 247 g/mol. The summed E-state index contributed by atoms with van der Waals surface area (Å²) in [6.07, 6.45) is 2.01. The largest absolute Gasteiger partial charge is 0.423 e. The molecule has 0 amide bonds. The van der Waals surface area contributed by atoms with Gasteiger partial charge in [0.2, 0.25) is 0 Å². The van der Waals surface area contributed by atoms with Crippen LogP contribution >= 0.6 is 0 Å². The predicted molar refractivity (Wildman–Crippen MR) is 70.7 cm³/mol. The molecule has 1 aromatic heterocycles. The zero-order valence-electron chi connectivity index (χ0n) is 10.4. The van der Waals surface area contributed by atoms with Crippen molar-refractivity contribution in [2.75, 3.05) is 30.9 Å². The van der Waals surface area contributed by atoms with Crippen molar-refractivity contribution < 1.29 is 9.15 Å². The van der Waals surface area contributed by atoms with Crippen molar-refractivity contribution >= 4 is 22.8 Å². The molecule has 0 saturated carbocycles. The first kappa shape index (κ1) is 11.3. The van der Waals surface area contributed by atoms with E-state index in [2.05, 4.69) is 9.88 Å². The Bertz CT molecular complexity index is 546. The van der Waals surface area contributed by atoms with E-state index in [0.29, 0.717) is 17.7 Å². The Kier molecular flexibility index (Phi) is 2.83. The number of para-hydroxylation sites is 1. The molecule has 0 radical (unpaired) electrons. The van der Waals surface area contributed by atoms with Crippen LogP contribution in [0.2, 0.25) is 0 Å². The number of hydrogen-bond acceptors (Lipinski definition) is 5. The van der Waals surface area contributed by atoms with Crippen LogP contribution in [0.5, 0.6) is 0 Å². The Labute approximate surface area is 106 Å². The van der Waals surface area contributed by atoms with Crippen LogP contribution in [0.15, 0.2) is 22.6 Å². The lowest BCUT2D eigenvalue weighted by molar-refractivity contribution is 0.0847. The molecule has 1 aromatic carbocycles. The number of aromatic nitrogens is 1. The van der Waals surface area contributed by atoms with Gasteiger partial charge in [-0.1, -0.05) is 6.07 Å². The Morgan fingerprint density at radius 2 is 2.11 bits per heavy atom. The van der Waals surface area contributed by atoms with Gasteiger partial charge in [0.05, 0.1) is 5.69 Å². The molecule has 1 fully saturated rings. The maximum atomic E-state index is 5.89. The summed E-state index contributed by atoms with van der Waals surface area (Å²) in [4.78, 5) is 6.57. The number of rotatable bonds is 2. The molecule has 0 atom stereocenters. The number of benzene rings is 1. The van der Waals surface area contributed by atoms with Crippen molar-refractivity contribution in [3.8, 4) is 0 Å². The summed E-state index contributed by atoms with van der Waals surface area (Å²) < 4.78 is 11.1. The molecule has 0 unspecified atom stereocenters. The zero-order chi connectivity index (χ0) is 12.5. The van der Waals surface area contributed by atoms with E-state index >= 15 is 0 Å². The third-order valence-corrected chi connectivity index (χ3v) is 3.48. The van der Waals surface area contributed by atoms with E-state index in [9.17, 15) is 0 Å². The van der Waals surface area contributed by atoms with Crippen LogP contribution in [0, 0.1) is 0 Å². The number of ether oxygens (including phenoxy) is 1. The highest BCUT2D eigenvalue weighted by Crippen LogP contribution is 2.27. The molecular weight excluding hydrogens is 230 g/mol. The number of nitrogen functional groups attached to an aromatic ring is 1. The minimum atomic E-state index is 0.424. The lowest BCUT2D eigenvalue weighted by atomic mass is 10.1. The van der Waals surface area contributed by atoms with Crippen molar-refractivity contribution in [3.05, 3.63) is 18.2 Å². The predicted octanol–water partition coefficient (Wildman–Crippen LogP) is 2.03. The number of nitrogens with zero attached hydrogens (tertiary/aromatic N) is 2. The topological polar surface area (TPSA) is 64.5 Å². The van der Waals surface area contributed by atoms with E-state index in [0.717, 1.165) is 37.2 Å². The lowest BCUT2D eigenvalue weighted by Crippen LogP contribution is -2.36. The minimum Gasteiger partial charge on any atom is -0.423 e. The number of fused-ring (bicyclic) bond motifs is 1. The second-order valence-corrected chi connectivity index (χ2v) is 4.64. The summed E-state index contributed by atoms with van der Waals surface area (Å²) in [5.74, 6) is 0. The molecule has 1 aliphatic heterocycles. The fourth-order valence-electron chi connectivity index (χ4n) is 2.34. The molecule has 5 nitrogen and oxygen atoms in total. The van der Waals surface area contributed by atoms with Gasteiger partial charge in [0, 0.05) is 26.3 Å². The number of nitrogens with two attached hydrogens (primary N) is 1. The standard InChI is InChI=1S/C13H17N3O2/c1-16(9-5-7-17-8-6-9)13-15-12-10(14)3-2-4-11(12)18-13/h2-4,9H,5-8,14H2,1H3. The van der Waals surface area contributed by atoms with Crippen molar-refractivity contribution in [1.29, 1.82) is 0 Å². The lowest BCUT2D eigenvalue weighted by Gasteiger charge is -2.29. The summed E-state index contributed by atoms with van der Waals surface area (Å²) in [5, 5.41) is 0. The van der Waals surface area contributed by atoms with Gasteiger partial charge < -0.3 is 19.8 Å². The SMILES string of the molecule is CN(c1nc2c(N)cccc2o1)C1CCOCC1. The molecule has 0 bridgehead atoms. The van der Waals surface area contributed by atoms with Crippen LogP contribution in [0.1, 0.15) is 12.8 Å². The third kappa shape index (κ3) is 1.90. The molecule has 3 rings (SSSR count). The molecule has 18 heavy (non-hydrogen) atoms. The summed E-state index contributed by atoms with van der Waals surface area (Å²) in [5.41, 5.74) is 8.02. The van der Waals surface area contributed by atoms with E-state index in [1.54, 1.807) is 0 Å². The van der Waals surface area contributed by atoms with Gasteiger partial charge in [0.1, 0.15) is 5.52 Å². The highest BCUT2D eigenvalue weighted by atomic mass is 16.5. The smallest absolute Gasteiger partial charge is 0.298 e. The van der Waals surface area contributed by atoms with E-state index < -0.39 is 0 Å². The van der Waals surface area contributed by atoms with Gasteiger partial charge in [-0.3, -0.25) is 0 Å². The van der Waals surface area contributed by atoms with Gasteiger partial charge in [-0.2, -0.15) is 4.98 Å². The average Bonchev–Trinajstić information content (AvgIpc) is 2.84. The molecule has 0 aliphatic carbocycles. The van der Waals surface area contributed by atoms with E-state index in [-0.39, 0.29) is 0 Å². The van der Waals surface area contributed by atoms with Gasteiger partial charge in [0.25, 0.3) is 6.01 Å². The fourth-order valence-corrected chi connectivity index (χ4v) is 2.34. The van der Waals surface area contributed by atoms with Gasteiger partial charge in [-0.25, -0.2) is 0 Å². The van der Waals surface area contributed by atoms with Gasteiger partial charge in [-0.05, 0) is 25.0 Å². The third-order valence-electron chi connectivity index (χ3n) is 3.48. The van der Waals surface area contributed by atoms with Crippen molar-refractivity contribution in [3.63, 3.8) is 0 Å². The van der Waals surface area contributed by atoms with Crippen LogP contribution in [-0.4, -0.2) is 31.3 Å². The first-order valence-corrected chi connectivity index (χ1v) is 6.21. The molecule has 0 spiro atoms. The summed E-state index contributed by atoms with van der Waals surface area (Å²) in [7, 11) is 2.01. The second-order valence-electron chi connectivity index (χ2n) is 4.64. The van der Waals surface area contributed by atoms with Gasteiger partial charge >= 0.3 is 0 Å². The van der Waals surface area contributed by atoms with Crippen LogP contribution in [-0.2, 0) is 4.74 Å². The normalized spacial score (nSPS) is 17.2. The highest BCUT2D eigenvalue weighted by molar-refractivity contribution is 5.86. The first-order chi connectivity index (χ1) is 8.75. The molecule has 1 saturated heterocycles. The number of anilines is 2. The van der Waals surface area contributed by atoms with E-state index in [1.165, 1.54) is 0 Å². The Morgan fingerprint density at radius 1 is 1.33 bits per heavy atom. The van der Waals surface area contributed by atoms with Crippen molar-refractivity contribution in [1.82, 2.24) is 4.98 Å². The zero-order valence-corrected chi connectivity index (χ0v) is 10.4. The maximum Gasteiger partial charge on any atom is 0.298 e. The summed E-state index contributed by atoms with van der Waals surface area (Å²) in [6, 6.07) is 6.66. The Morgan fingerprint density at radius 3 is 2.83 bits per heavy atom. The fraction of sp³-hybridized carbons (Fsp3) is 0.462. The number of hydrogen-bond donors (Lipinski definition) is 1. The van der Waals surface area contributed by atoms with Crippen molar-refractivity contribution in [2.24, 2.45) is 0 Å². The van der Waals surface area contributed by atoms with E-state index in [1.807, 2.05) is 25.2 Å². The molecule has 5 heteroatoms. The van der Waals surface area contributed by atoms with E-state index in [4.69, 9.17) is 14.9 Å². The molecule has 1 aliphatic rings.